The zero-order valence-corrected chi connectivity index (χ0v) is 46.0. The van der Waals surface area contributed by atoms with E-state index in [4.69, 9.17) is 33.4 Å². The third kappa shape index (κ3) is 13.3. The molecule has 3 aliphatic heterocycles. The molecule has 0 saturated carbocycles. The number of hydrogen-bond donors (Lipinski definition) is 10. The van der Waals surface area contributed by atoms with E-state index in [-0.39, 0.29) is 79.3 Å². The Bertz CT molecular complexity index is 3140. The van der Waals surface area contributed by atoms with Gasteiger partial charge in [0.2, 0.25) is 24.0 Å². The molecule has 5 amide bonds. The minimum absolute atomic E-state index is 0.0270. The molecule has 1 fully saturated rings. The summed E-state index contributed by atoms with van der Waals surface area (Å²) in [5.74, 6) is -3.91. The molecule has 2 aromatic heterocycles. The molecule has 25 nitrogen and oxygen atoms in total. The number of aromatic nitrogens is 2. The number of esters is 1. The molecule has 2 aromatic carbocycles. The summed E-state index contributed by atoms with van der Waals surface area (Å²) in [6, 6.07) is 6.23. The molecule has 5 heterocycles. The van der Waals surface area contributed by atoms with Crippen LogP contribution in [0.4, 0.5) is 9.18 Å². The van der Waals surface area contributed by atoms with Crippen LogP contribution in [-0.4, -0.2) is 154 Å². The van der Waals surface area contributed by atoms with Crippen LogP contribution in [0.2, 0.25) is 0 Å². The fourth-order valence-electron chi connectivity index (χ4n) is 10.5. The van der Waals surface area contributed by atoms with Crippen LogP contribution in [0.25, 0.3) is 22.3 Å². The molecule has 0 bridgehead atoms. The van der Waals surface area contributed by atoms with Crippen molar-refractivity contribution < 1.29 is 87.1 Å². The second kappa shape index (κ2) is 26.8. The fraction of sp³-hybridized carbons (Fsp3) is 0.536. The Labute approximate surface area is 470 Å². The Morgan fingerprint density at radius 3 is 2.45 bits per heavy atom. The van der Waals surface area contributed by atoms with Crippen molar-refractivity contribution in [2.45, 2.75) is 147 Å². The topological polar surface area (TPSA) is 354 Å². The predicted octanol–water partition coefficient (Wildman–Crippen LogP) is 1.05. The Morgan fingerprint density at radius 1 is 0.915 bits per heavy atom. The summed E-state index contributed by atoms with van der Waals surface area (Å²) in [5, 5.41) is 65.9. The molecule has 1 unspecified atom stereocenters. The van der Waals surface area contributed by atoms with Gasteiger partial charge >= 0.3 is 12.1 Å². The lowest BCUT2D eigenvalue weighted by atomic mass is 9.81. The van der Waals surface area contributed by atoms with Gasteiger partial charge in [0.05, 0.1) is 53.3 Å². The molecule has 4 aromatic rings. The number of pyridine rings is 2. The van der Waals surface area contributed by atoms with Gasteiger partial charge in [-0.05, 0) is 80.0 Å². The highest BCUT2D eigenvalue weighted by Crippen LogP contribution is 2.46. The predicted molar refractivity (Wildman–Crippen MR) is 286 cm³/mol. The number of alkyl carbamates (subject to hydrolysis) is 1. The molecule has 10 N–H and O–H groups in total. The average Bonchev–Trinajstić information content (AvgIpc) is 2.99. The van der Waals surface area contributed by atoms with Gasteiger partial charge < -0.3 is 85.1 Å². The number of carbonyl (C=O) groups is 6. The average molecular weight is 1150 g/mol. The van der Waals surface area contributed by atoms with Gasteiger partial charge in [0.15, 0.2) is 5.60 Å². The number of ether oxygens (including phenoxy) is 6. The van der Waals surface area contributed by atoms with Crippen molar-refractivity contribution in [2.75, 3.05) is 46.2 Å². The number of aliphatic hydroxyl groups excluding tert-OH is 4. The van der Waals surface area contributed by atoms with E-state index in [9.17, 15) is 59.1 Å². The Balaban J connectivity index is 0.830. The lowest BCUT2D eigenvalue weighted by Crippen LogP contribution is -2.60. The monoisotopic (exact) mass is 1150 g/mol. The van der Waals surface area contributed by atoms with Gasteiger partial charge in [-0.3, -0.25) is 24.0 Å². The van der Waals surface area contributed by atoms with Crippen molar-refractivity contribution in [3.05, 3.63) is 91.0 Å². The SMILES string of the molecule is CCCCCCC(C)OCC(=O)NCCNC(=O)c1cc(COC(=O)NCC(=O)NCOCC(=O)N[C@H]2CCc3c(C)c(F)cc4nc5c(c2c34)Cn2c-5cc3c(c2=O)COC(=O)[C@]3(O)CC)ccc1O[C@@H]1O[C@H](CO)[C@@H](O)[C@H](O)[C@H]1O. The number of unbranched alkanes of at least 4 members (excludes halogenated alkanes) is 3. The number of nitrogens with zero attached hydrogens (tertiary/aromatic N) is 2. The standard InChI is InChI=1S/C56H70FN7O18/c1-5-7-8-9-10-28(3)78-26-43(67)58-15-16-59-51(72)32-17-30(11-14-40(32)81-53-50(71)49(70)48(69)41(22-65)82-53)23-80-55(75)60-20-42(66)61-27-77-25-44(68)62-37-13-12-31-29(4)36(57)19-38-45(31)46(37)33-21-64-39(47(33)63-38)18-35-34(52(64)73)24-79-54(74)56(35,76)6-2/h11,14,17-19,28,37,41,48-50,53,65,69-71,76H,5-10,12-13,15-16,20-27H2,1-4H3,(H,58,67)(H,59,72)(H,60,75)(H,61,66)(H,62,68)/t28?,37-,41+,48+,49-,50+,53+,56-/m0/s1. The third-order valence-electron chi connectivity index (χ3n) is 15.2. The lowest BCUT2D eigenvalue weighted by molar-refractivity contribution is -0.277. The Hall–Kier alpha value is -7.17. The first-order chi connectivity index (χ1) is 39.3. The van der Waals surface area contributed by atoms with Crippen molar-refractivity contribution in [1.29, 1.82) is 0 Å². The third-order valence-corrected chi connectivity index (χ3v) is 15.2. The molecular weight excluding hydrogens is 1080 g/mol. The van der Waals surface area contributed by atoms with Gasteiger partial charge in [-0.2, -0.15) is 0 Å². The van der Waals surface area contributed by atoms with Gasteiger partial charge in [-0.25, -0.2) is 19.0 Å². The van der Waals surface area contributed by atoms with E-state index in [0.29, 0.717) is 57.4 Å². The normalized spacial score (nSPS) is 21.8. The number of aliphatic hydroxyl groups is 5. The maximum absolute atomic E-state index is 15.4. The zero-order valence-electron chi connectivity index (χ0n) is 46.0. The van der Waals surface area contributed by atoms with E-state index in [1.54, 1.807) is 19.9 Å². The van der Waals surface area contributed by atoms with E-state index >= 15 is 4.39 Å². The summed E-state index contributed by atoms with van der Waals surface area (Å²) < 4.78 is 49.7. The number of amides is 5. The molecule has 0 radical (unpaired) electrons. The summed E-state index contributed by atoms with van der Waals surface area (Å²) >= 11 is 0. The second-order valence-electron chi connectivity index (χ2n) is 20.7. The molecule has 4 aliphatic rings. The van der Waals surface area contributed by atoms with Crippen molar-refractivity contribution in [3.63, 3.8) is 0 Å². The number of hydrogen-bond acceptors (Lipinski definition) is 19. The summed E-state index contributed by atoms with van der Waals surface area (Å²) in [4.78, 5) is 96.4. The number of benzene rings is 2. The quantitative estimate of drug-likeness (QED) is 0.0222. The summed E-state index contributed by atoms with van der Waals surface area (Å²) in [5.41, 5.74) is 1.16. The van der Waals surface area contributed by atoms with Gasteiger partial charge in [0.25, 0.3) is 11.5 Å². The zero-order chi connectivity index (χ0) is 59.0. The molecule has 1 saturated heterocycles. The molecular formula is C56H70FN7O18. The van der Waals surface area contributed by atoms with Crippen LogP contribution in [0.5, 0.6) is 5.75 Å². The smallest absolute Gasteiger partial charge is 0.407 e. The number of rotatable bonds is 25. The van der Waals surface area contributed by atoms with Gasteiger partial charge in [0.1, 0.15) is 75.7 Å². The first-order valence-corrected chi connectivity index (χ1v) is 27.4. The van der Waals surface area contributed by atoms with Crippen molar-refractivity contribution >= 4 is 46.6 Å². The second-order valence-corrected chi connectivity index (χ2v) is 20.7. The van der Waals surface area contributed by atoms with Gasteiger partial charge in [-0.15, -0.1) is 0 Å². The molecule has 1 aliphatic carbocycles. The van der Waals surface area contributed by atoms with E-state index in [0.717, 1.165) is 32.1 Å². The van der Waals surface area contributed by atoms with E-state index in [2.05, 4.69) is 33.5 Å². The first-order valence-electron chi connectivity index (χ1n) is 27.4. The number of nitrogens with one attached hydrogen (secondary N) is 5. The Kier molecular flexibility index (Phi) is 19.9. The van der Waals surface area contributed by atoms with Crippen LogP contribution in [-0.2, 0) is 74.6 Å². The van der Waals surface area contributed by atoms with Gasteiger partial charge in [0, 0.05) is 35.7 Å². The lowest BCUT2D eigenvalue weighted by Gasteiger charge is -2.39. The summed E-state index contributed by atoms with van der Waals surface area (Å²) in [6.45, 7) is 4.13. The number of carbonyl (C=O) groups excluding carboxylic acids is 6. The van der Waals surface area contributed by atoms with Crippen LogP contribution < -0.4 is 36.9 Å². The minimum Gasteiger partial charge on any atom is -0.461 e. The first kappa shape index (κ1) is 60.9. The number of halogens is 1. The van der Waals surface area contributed by atoms with Crippen LogP contribution in [0.1, 0.15) is 121 Å². The molecule has 82 heavy (non-hydrogen) atoms. The largest absolute Gasteiger partial charge is 0.461 e. The van der Waals surface area contributed by atoms with E-state index in [1.165, 1.54) is 28.8 Å². The molecule has 0 spiro atoms. The highest BCUT2D eigenvalue weighted by atomic mass is 19.1. The van der Waals surface area contributed by atoms with Crippen LogP contribution >= 0.6 is 0 Å². The number of cyclic esters (lactones) is 1. The fourth-order valence-corrected chi connectivity index (χ4v) is 10.5. The molecule has 8 atom stereocenters. The van der Waals surface area contributed by atoms with Crippen LogP contribution in [0.15, 0.2) is 35.1 Å². The van der Waals surface area contributed by atoms with Crippen molar-refractivity contribution in [2.24, 2.45) is 0 Å². The molecule has 444 valence electrons. The maximum atomic E-state index is 15.4. The number of fused-ring (bicyclic) bond motifs is 5. The highest BCUT2D eigenvalue weighted by molar-refractivity contribution is 5.97. The van der Waals surface area contributed by atoms with Gasteiger partial charge in [-0.1, -0.05) is 45.6 Å². The van der Waals surface area contributed by atoms with Crippen molar-refractivity contribution in [1.82, 2.24) is 36.1 Å². The minimum atomic E-state index is -2.06. The maximum Gasteiger partial charge on any atom is 0.407 e. The highest BCUT2D eigenvalue weighted by Gasteiger charge is 2.47. The van der Waals surface area contributed by atoms with E-state index in [1.807, 2.05) is 6.92 Å². The van der Waals surface area contributed by atoms with Crippen LogP contribution in [0.3, 0.4) is 0 Å². The summed E-state index contributed by atoms with van der Waals surface area (Å²) in [6.07, 6.45) is -3.52. The summed E-state index contributed by atoms with van der Waals surface area (Å²) in [7, 11) is 0. The van der Waals surface area contributed by atoms with Crippen molar-refractivity contribution in [3.8, 4) is 17.1 Å². The number of aryl methyl sites for hydroxylation is 1. The molecule has 8 rings (SSSR count). The Morgan fingerprint density at radius 2 is 1.70 bits per heavy atom. The van der Waals surface area contributed by atoms with Crippen LogP contribution in [0, 0.1) is 12.7 Å². The van der Waals surface area contributed by atoms with E-state index < -0.39 is 117 Å². The molecule has 26 heteroatoms.